The third kappa shape index (κ3) is 7.12. The van der Waals surface area contributed by atoms with Crippen molar-refractivity contribution in [3.63, 3.8) is 0 Å². The number of hydrogen-bond donors (Lipinski definition) is 2. The Morgan fingerprint density at radius 2 is 1.76 bits per heavy atom. The van der Waals surface area contributed by atoms with Crippen molar-refractivity contribution in [3.8, 4) is 23.3 Å². The minimum Gasteiger partial charge on any atom is -0.497 e. The van der Waals surface area contributed by atoms with Crippen LogP contribution in [0.2, 0.25) is 0 Å². The Morgan fingerprint density at radius 3 is 2.41 bits per heavy atom. The highest BCUT2D eigenvalue weighted by Crippen LogP contribution is 2.37. The number of anilines is 2. The molecule has 0 heterocycles. The Kier molecular flexibility index (Phi) is 9.30. The number of hydrogen-bond acceptors (Lipinski definition) is 6. The molecule has 0 saturated heterocycles. The molecular weight excluding hydrogens is 538 g/mol. The predicted octanol–water partition coefficient (Wildman–Crippen LogP) is 5.65. The molecule has 3 rings (SSSR count). The molecule has 0 spiro atoms. The number of amides is 2. The summed E-state index contributed by atoms with van der Waals surface area (Å²) < 4.78 is 16.7. The summed E-state index contributed by atoms with van der Waals surface area (Å²) in [5, 5.41) is 15.1. The van der Waals surface area contributed by atoms with Gasteiger partial charge < -0.3 is 24.8 Å². The molecule has 8 nitrogen and oxygen atoms in total. The summed E-state index contributed by atoms with van der Waals surface area (Å²) in [6.07, 6.45) is 1.45. The zero-order chi connectivity index (χ0) is 26.9. The molecule has 2 amide bonds. The molecular formula is C28H26BrN3O5. The fourth-order valence-corrected chi connectivity index (χ4v) is 3.94. The summed E-state index contributed by atoms with van der Waals surface area (Å²) in [6, 6.07) is 17.7. The van der Waals surface area contributed by atoms with Gasteiger partial charge in [0.25, 0.3) is 11.8 Å². The van der Waals surface area contributed by atoms with E-state index in [-0.39, 0.29) is 18.1 Å². The van der Waals surface area contributed by atoms with E-state index in [2.05, 4.69) is 26.6 Å². The summed E-state index contributed by atoms with van der Waals surface area (Å²) in [6.45, 7) is 3.58. The molecule has 3 aromatic rings. The van der Waals surface area contributed by atoms with Crippen molar-refractivity contribution in [2.75, 3.05) is 31.5 Å². The van der Waals surface area contributed by atoms with Crippen molar-refractivity contribution in [2.45, 2.75) is 13.8 Å². The van der Waals surface area contributed by atoms with Gasteiger partial charge in [-0.1, -0.05) is 12.1 Å². The number of methoxy groups -OCH3 is 2. The quantitative estimate of drug-likeness (QED) is 0.257. The maximum Gasteiger partial charge on any atom is 0.266 e. The molecule has 0 radical (unpaired) electrons. The standard InChI is InChI=1S/C28H26BrN3O5/c1-17-6-5-7-24(18(17)2)32-28(34)20(15-30)12-19-13-23(29)27(25(14-19)36-4)37-16-26(33)31-21-8-10-22(35-3)11-9-21/h5-14H,16H2,1-4H3,(H,31,33)(H,32,34)/b20-12-. The first-order valence-electron chi connectivity index (χ1n) is 11.2. The van der Waals surface area contributed by atoms with E-state index in [1.54, 1.807) is 49.6 Å². The minimum atomic E-state index is -0.526. The van der Waals surface area contributed by atoms with Crippen LogP contribution in [0.4, 0.5) is 11.4 Å². The van der Waals surface area contributed by atoms with Crippen LogP contribution in [0, 0.1) is 25.2 Å². The van der Waals surface area contributed by atoms with E-state index < -0.39 is 5.91 Å². The normalized spacial score (nSPS) is 10.8. The number of ether oxygens (including phenoxy) is 3. The van der Waals surface area contributed by atoms with Gasteiger partial charge in [0.2, 0.25) is 0 Å². The second-order valence-electron chi connectivity index (χ2n) is 7.97. The van der Waals surface area contributed by atoms with Gasteiger partial charge >= 0.3 is 0 Å². The SMILES string of the molecule is COc1ccc(NC(=O)COc2c(Br)cc(/C=C(/C#N)C(=O)Nc3cccc(C)c3C)cc2OC)cc1. The van der Waals surface area contributed by atoms with Crippen molar-refractivity contribution in [2.24, 2.45) is 0 Å². The number of rotatable bonds is 9. The Labute approximate surface area is 224 Å². The largest absolute Gasteiger partial charge is 0.497 e. The number of halogens is 1. The van der Waals surface area contributed by atoms with E-state index >= 15 is 0 Å². The number of nitrogens with one attached hydrogen (secondary N) is 2. The van der Waals surface area contributed by atoms with Crippen LogP contribution >= 0.6 is 15.9 Å². The highest BCUT2D eigenvalue weighted by molar-refractivity contribution is 9.10. The minimum absolute atomic E-state index is 0.0811. The van der Waals surface area contributed by atoms with Gasteiger partial charge in [-0.3, -0.25) is 9.59 Å². The zero-order valence-electron chi connectivity index (χ0n) is 20.8. The number of carbonyl (C=O) groups excluding carboxylic acids is 2. The highest BCUT2D eigenvalue weighted by atomic mass is 79.9. The predicted molar refractivity (Wildman–Crippen MR) is 146 cm³/mol. The molecule has 37 heavy (non-hydrogen) atoms. The molecule has 2 N–H and O–H groups in total. The van der Waals surface area contributed by atoms with Crippen molar-refractivity contribution < 1.29 is 23.8 Å². The van der Waals surface area contributed by atoms with Gasteiger partial charge in [0.1, 0.15) is 17.4 Å². The monoisotopic (exact) mass is 563 g/mol. The van der Waals surface area contributed by atoms with Crippen LogP contribution in [-0.2, 0) is 9.59 Å². The van der Waals surface area contributed by atoms with Gasteiger partial charge in [-0.2, -0.15) is 5.26 Å². The lowest BCUT2D eigenvalue weighted by atomic mass is 10.1. The molecule has 9 heteroatoms. The maximum absolute atomic E-state index is 12.8. The lowest BCUT2D eigenvalue weighted by molar-refractivity contribution is -0.118. The Bertz CT molecular complexity index is 1380. The number of benzene rings is 3. The highest BCUT2D eigenvalue weighted by Gasteiger charge is 2.16. The van der Waals surface area contributed by atoms with Gasteiger partial charge in [-0.25, -0.2) is 0 Å². The molecule has 3 aromatic carbocycles. The molecule has 0 aliphatic heterocycles. The smallest absolute Gasteiger partial charge is 0.266 e. The van der Waals surface area contributed by atoms with Crippen LogP contribution in [0.15, 0.2) is 64.6 Å². The maximum atomic E-state index is 12.8. The summed E-state index contributed by atoms with van der Waals surface area (Å²) >= 11 is 3.43. The van der Waals surface area contributed by atoms with Crippen LogP contribution in [0.1, 0.15) is 16.7 Å². The van der Waals surface area contributed by atoms with Crippen LogP contribution in [0.25, 0.3) is 6.08 Å². The molecule has 0 bridgehead atoms. The number of nitrogens with zero attached hydrogens (tertiary/aromatic N) is 1. The lowest BCUT2D eigenvalue weighted by Gasteiger charge is -2.14. The Balaban J connectivity index is 1.73. The van der Waals surface area contributed by atoms with E-state index in [4.69, 9.17) is 14.2 Å². The van der Waals surface area contributed by atoms with E-state index in [0.717, 1.165) is 11.1 Å². The molecule has 0 aliphatic rings. The van der Waals surface area contributed by atoms with E-state index in [1.807, 2.05) is 32.0 Å². The van der Waals surface area contributed by atoms with Gasteiger partial charge in [-0.15, -0.1) is 0 Å². The number of aryl methyl sites for hydroxylation is 1. The molecule has 0 unspecified atom stereocenters. The molecule has 0 aromatic heterocycles. The second kappa shape index (κ2) is 12.6. The average molecular weight is 564 g/mol. The van der Waals surface area contributed by atoms with Gasteiger partial charge in [0, 0.05) is 11.4 Å². The summed E-state index contributed by atoms with van der Waals surface area (Å²) in [5.74, 6) is 0.423. The van der Waals surface area contributed by atoms with Crippen LogP contribution < -0.4 is 24.8 Å². The fraction of sp³-hybridized carbons (Fsp3) is 0.179. The molecule has 0 fully saturated rings. The van der Waals surface area contributed by atoms with Crippen LogP contribution in [-0.4, -0.2) is 32.6 Å². The second-order valence-corrected chi connectivity index (χ2v) is 8.83. The van der Waals surface area contributed by atoms with Crippen molar-refractivity contribution >= 4 is 45.2 Å². The van der Waals surface area contributed by atoms with Crippen LogP contribution in [0.5, 0.6) is 17.2 Å². The van der Waals surface area contributed by atoms with Crippen molar-refractivity contribution in [1.29, 1.82) is 5.26 Å². The van der Waals surface area contributed by atoms with Crippen molar-refractivity contribution in [1.82, 2.24) is 0 Å². The molecule has 0 saturated carbocycles. The first kappa shape index (κ1) is 27.3. The number of carbonyl (C=O) groups is 2. The summed E-state index contributed by atoms with van der Waals surface area (Å²) in [4.78, 5) is 25.1. The molecule has 0 atom stereocenters. The van der Waals surface area contributed by atoms with E-state index in [0.29, 0.717) is 38.7 Å². The van der Waals surface area contributed by atoms with Gasteiger partial charge in [0.05, 0.1) is 18.7 Å². The first-order chi connectivity index (χ1) is 17.7. The van der Waals surface area contributed by atoms with Gasteiger partial charge in [-0.05, 0) is 95.0 Å². The average Bonchev–Trinajstić information content (AvgIpc) is 2.89. The lowest BCUT2D eigenvalue weighted by Crippen LogP contribution is -2.20. The van der Waals surface area contributed by atoms with E-state index in [9.17, 15) is 14.9 Å². The van der Waals surface area contributed by atoms with E-state index in [1.165, 1.54) is 13.2 Å². The first-order valence-corrected chi connectivity index (χ1v) is 12.0. The Morgan fingerprint density at radius 1 is 1.03 bits per heavy atom. The van der Waals surface area contributed by atoms with Gasteiger partial charge in [0.15, 0.2) is 18.1 Å². The third-order valence-corrected chi connectivity index (χ3v) is 6.09. The zero-order valence-corrected chi connectivity index (χ0v) is 22.4. The molecule has 0 aliphatic carbocycles. The van der Waals surface area contributed by atoms with Crippen molar-refractivity contribution in [3.05, 3.63) is 81.3 Å². The molecule has 190 valence electrons. The Hall–Kier alpha value is -4.29. The third-order valence-electron chi connectivity index (χ3n) is 5.50. The summed E-state index contributed by atoms with van der Waals surface area (Å²) in [5.41, 5.74) is 3.65. The summed E-state index contributed by atoms with van der Waals surface area (Å²) in [7, 11) is 3.02. The topological polar surface area (TPSA) is 110 Å². The number of nitriles is 1. The van der Waals surface area contributed by atoms with Crippen LogP contribution in [0.3, 0.4) is 0 Å². The fourth-order valence-electron chi connectivity index (χ4n) is 3.36.